The molecule has 0 spiro atoms. The van der Waals surface area contributed by atoms with Gasteiger partial charge >= 0.3 is 0 Å². The first-order chi connectivity index (χ1) is 13.5. The van der Waals surface area contributed by atoms with E-state index >= 15 is 0 Å². The van der Waals surface area contributed by atoms with Crippen LogP contribution in [0.2, 0.25) is 0 Å². The molecule has 4 rings (SSSR count). The third kappa shape index (κ3) is 4.53. The summed E-state index contributed by atoms with van der Waals surface area (Å²) in [5.41, 5.74) is 0.894. The molecule has 152 valence electrons. The minimum Gasteiger partial charge on any atom is -0.494 e. The molecule has 9 heteroatoms. The van der Waals surface area contributed by atoms with E-state index in [4.69, 9.17) is 9.26 Å². The van der Waals surface area contributed by atoms with E-state index in [1.807, 2.05) is 31.2 Å². The number of piperazine rings is 1. The van der Waals surface area contributed by atoms with E-state index in [0.29, 0.717) is 36.4 Å². The number of rotatable bonds is 6. The zero-order valence-corrected chi connectivity index (χ0v) is 16.9. The van der Waals surface area contributed by atoms with E-state index in [9.17, 15) is 8.42 Å². The lowest BCUT2D eigenvalue weighted by Crippen LogP contribution is -2.50. The molecule has 0 unspecified atom stereocenters. The Balaban J connectivity index is 1.30. The zero-order chi connectivity index (χ0) is 19.6. The van der Waals surface area contributed by atoms with Crippen LogP contribution in [0.25, 0.3) is 11.4 Å². The Bertz CT molecular complexity index is 889. The van der Waals surface area contributed by atoms with Crippen LogP contribution in [-0.2, 0) is 16.4 Å². The molecule has 0 radical (unpaired) electrons. The summed E-state index contributed by atoms with van der Waals surface area (Å²) in [6.45, 7) is 6.69. The van der Waals surface area contributed by atoms with E-state index in [1.54, 1.807) is 0 Å². The summed E-state index contributed by atoms with van der Waals surface area (Å²) in [5, 5.41) is 4.09. The van der Waals surface area contributed by atoms with Crippen molar-refractivity contribution in [1.29, 1.82) is 0 Å². The van der Waals surface area contributed by atoms with Gasteiger partial charge < -0.3 is 9.26 Å². The molecule has 3 heterocycles. The van der Waals surface area contributed by atoms with Gasteiger partial charge in [-0.25, -0.2) is 8.42 Å². The summed E-state index contributed by atoms with van der Waals surface area (Å²) in [4.78, 5) is 9.09. The Labute approximate surface area is 165 Å². The highest BCUT2D eigenvalue weighted by molar-refractivity contribution is 7.91. The van der Waals surface area contributed by atoms with Gasteiger partial charge in [0.2, 0.25) is 11.7 Å². The molecule has 2 fully saturated rings. The number of hydrogen-bond donors (Lipinski definition) is 0. The minimum atomic E-state index is -2.83. The lowest BCUT2D eigenvalue weighted by molar-refractivity contribution is 0.0926. The van der Waals surface area contributed by atoms with Crippen molar-refractivity contribution in [3.8, 4) is 17.1 Å². The van der Waals surface area contributed by atoms with Crippen molar-refractivity contribution >= 4 is 9.84 Å². The van der Waals surface area contributed by atoms with E-state index in [-0.39, 0.29) is 6.04 Å². The smallest absolute Gasteiger partial charge is 0.241 e. The van der Waals surface area contributed by atoms with Gasteiger partial charge in [-0.05, 0) is 37.6 Å². The normalized spacial score (nSPS) is 23.1. The molecule has 0 bridgehead atoms. The molecular formula is C19H26N4O4S. The van der Waals surface area contributed by atoms with Crippen molar-refractivity contribution in [3.63, 3.8) is 0 Å². The SMILES string of the molecule is CCOc1ccc(-c2noc(CN3CCN([C@H]4CCS(=O)(=O)C4)CC3)n2)cc1. The number of ether oxygens (including phenoxy) is 1. The maximum atomic E-state index is 11.7. The van der Waals surface area contributed by atoms with Gasteiger partial charge in [0.05, 0.1) is 24.7 Å². The summed E-state index contributed by atoms with van der Waals surface area (Å²) in [7, 11) is -2.83. The molecule has 1 aromatic carbocycles. The van der Waals surface area contributed by atoms with Crippen LogP contribution < -0.4 is 4.74 Å². The van der Waals surface area contributed by atoms with Crippen LogP contribution in [0.1, 0.15) is 19.2 Å². The van der Waals surface area contributed by atoms with Crippen LogP contribution in [0.4, 0.5) is 0 Å². The van der Waals surface area contributed by atoms with Crippen molar-refractivity contribution in [1.82, 2.24) is 19.9 Å². The molecule has 28 heavy (non-hydrogen) atoms. The highest BCUT2D eigenvalue weighted by Gasteiger charge is 2.33. The third-order valence-corrected chi connectivity index (χ3v) is 7.13. The van der Waals surface area contributed by atoms with Crippen LogP contribution >= 0.6 is 0 Å². The van der Waals surface area contributed by atoms with Crippen LogP contribution in [0.5, 0.6) is 5.75 Å². The fourth-order valence-corrected chi connectivity index (χ4v) is 5.61. The third-order valence-electron chi connectivity index (χ3n) is 5.38. The van der Waals surface area contributed by atoms with Crippen molar-refractivity contribution in [3.05, 3.63) is 30.2 Å². The van der Waals surface area contributed by atoms with Gasteiger partial charge in [0.15, 0.2) is 9.84 Å². The quantitative estimate of drug-likeness (QED) is 0.712. The predicted molar refractivity (Wildman–Crippen MR) is 105 cm³/mol. The first-order valence-corrected chi connectivity index (χ1v) is 11.6. The standard InChI is InChI=1S/C19H26N4O4S/c1-2-26-17-5-3-15(4-6-17)19-20-18(27-21-19)13-22-8-10-23(11-9-22)16-7-12-28(24,25)14-16/h3-6,16H,2,7-14H2,1H3/t16-/m0/s1. The molecule has 2 aliphatic heterocycles. The monoisotopic (exact) mass is 406 g/mol. The molecule has 1 atom stereocenters. The largest absolute Gasteiger partial charge is 0.494 e. The van der Waals surface area contributed by atoms with Crippen molar-refractivity contribution in [2.75, 3.05) is 44.3 Å². The number of benzene rings is 1. The highest BCUT2D eigenvalue weighted by Crippen LogP contribution is 2.22. The van der Waals surface area contributed by atoms with Gasteiger partial charge in [-0.15, -0.1) is 0 Å². The van der Waals surface area contributed by atoms with Crippen LogP contribution in [0.15, 0.2) is 28.8 Å². The molecule has 2 aromatic rings. The van der Waals surface area contributed by atoms with E-state index < -0.39 is 9.84 Å². The van der Waals surface area contributed by atoms with Gasteiger partial charge in [0.25, 0.3) is 0 Å². The van der Waals surface area contributed by atoms with E-state index in [2.05, 4.69) is 19.9 Å². The fraction of sp³-hybridized carbons (Fsp3) is 0.579. The summed E-state index contributed by atoms with van der Waals surface area (Å²) in [6.07, 6.45) is 0.761. The van der Waals surface area contributed by atoms with E-state index in [0.717, 1.165) is 43.9 Å². The molecule has 1 aromatic heterocycles. The average Bonchev–Trinajstić information content (AvgIpc) is 3.30. The molecule has 8 nitrogen and oxygen atoms in total. The predicted octanol–water partition coefficient (Wildman–Crippen LogP) is 1.44. The Hall–Kier alpha value is -1.97. The van der Waals surface area contributed by atoms with Gasteiger partial charge in [-0.3, -0.25) is 9.80 Å². The lowest BCUT2D eigenvalue weighted by atomic mass is 10.2. The molecule has 2 aliphatic rings. The molecular weight excluding hydrogens is 380 g/mol. The van der Waals surface area contributed by atoms with Crippen molar-refractivity contribution in [2.45, 2.75) is 25.9 Å². The second-order valence-corrected chi connectivity index (χ2v) is 9.57. The number of hydrogen-bond acceptors (Lipinski definition) is 8. The highest BCUT2D eigenvalue weighted by atomic mass is 32.2. The zero-order valence-electron chi connectivity index (χ0n) is 16.1. The van der Waals surface area contributed by atoms with Crippen molar-refractivity contribution in [2.24, 2.45) is 0 Å². The second-order valence-electron chi connectivity index (χ2n) is 7.34. The molecule has 0 N–H and O–H groups in total. The summed E-state index contributed by atoms with van der Waals surface area (Å²) in [5.74, 6) is 2.63. The summed E-state index contributed by atoms with van der Waals surface area (Å²) in [6, 6.07) is 7.83. The van der Waals surface area contributed by atoms with Crippen LogP contribution in [0.3, 0.4) is 0 Å². The van der Waals surface area contributed by atoms with Gasteiger partial charge in [0, 0.05) is 37.8 Å². The maximum absolute atomic E-state index is 11.7. The molecule has 2 saturated heterocycles. The summed E-state index contributed by atoms with van der Waals surface area (Å²) >= 11 is 0. The molecule has 0 aliphatic carbocycles. The second kappa shape index (κ2) is 8.18. The van der Waals surface area contributed by atoms with Crippen molar-refractivity contribution < 1.29 is 17.7 Å². The fourth-order valence-electron chi connectivity index (χ4n) is 3.84. The summed E-state index contributed by atoms with van der Waals surface area (Å²) < 4.78 is 34.3. The first-order valence-electron chi connectivity index (χ1n) is 9.75. The average molecular weight is 407 g/mol. The Morgan fingerprint density at radius 1 is 1.18 bits per heavy atom. The van der Waals surface area contributed by atoms with Crippen LogP contribution in [0, 0.1) is 0 Å². The van der Waals surface area contributed by atoms with E-state index in [1.165, 1.54) is 0 Å². The maximum Gasteiger partial charge on any atom is 0.241 e. The number of nitrogens with zero attached hydrogens (tertiary/aromatic N) is 4. The number of sulfone groups is 1. The Morgan fingerprint density at radius 3 is 2.57 bits per heavy atom. The van der Waals surface area contributed by atoms with Gasteiger partial charge in [-0.1, -0.05) is 5.16 Å². The Kier molecular flexibility index (Phi) is 5.65. The van der Waals surface area contributed by atoms with Gasteiger partial charge in [0.1, 0.15) is 5.75 Å². The first kappa shape index (κ1) is 19.4. The molecule has 0 amide bonds. The minimum absolute atomic E-state index is 0.182. The number of aromatic nitrogens is 2. The molecule has 0 saturated carbocycles. The topological polar surface area (TPSA) is 88.8 Å². The van der Waals surface area contributed by atoms with Gasteiger partial charge in [-0.2, -0.15) is 4.98 Å². The van der Waals surface area contributed by atoms with Crippen LogP contribution in [-0.4, -0.2) is 78.7 Å². The lowest BCUT2D eigenvalue weighted by Gasteiger charge is -2.37. The Morgan fingerprint density at radius 2 is 1.93 bits per heavy atom.